The van der Waals surface area contributed by atoms with Gasteiger partial charge in [0.2, 0.25) is 0 Å². The van der Waals surface area contributed by atoms with E-state index >= 15 is 0 Å². The molecule has 1 N–H and O–H groups in total. The van der Waals surface area contributed by atoms with Gasteiger partial charge in [-0.2, -0.15) is 5.10 Å². The summed E-state index contributed by atoms with van der Waals surface area (Å²) in [6.07, 6.45) is 4.31. The highest BCUT2D eigenvalue weighted by Crippen LogP contribution is 2.23. The zero-order chi connectivity index (χ0) is 16.5. The Bertz CT molecular complexity index is 922. The van der Waals surface area contributed by atoms with Crippen LogP contribution in [0.15, 0.2) is 36.7 Å². The van der Waals surface area contributed by atoms with Crippen LogP contribution in [-0.2, 0) is 6.42 Å². The predicted octanol–water partition coefficient (Wildman–Crippen LogP) is 1.97. The smallest absolute Gasteiger partial charge is 0.256 e. The van der Waals surface area contributed by atoms with Crippen LogP contribution in [0.4, 0.5) is 4.39 Å². The molecule has 3 heterocycles. The molecule has 1 amide bonds. The van der Waals surface area contributed by atoms with E-state index < -0.39 is 0 Å². The van der Waals surface area contributed by atoms with Crippen molar-refractivity contribution < 1.29 is 13.9 Å². The van der Waals surface area contributed by atoms with Gasteiger partial charge in [-0.05, 0) is 30.7 Å². The molecule has 0 fully saturated rings. The fourth-order valence-electron chi connectivity index (χ4n) is 2.74. The van der Waals surface area contributed by atoms with Crippen LogP contribution in [0.25, 0.3) is 5.65 Å². The van der Waals surface area contributed by atoms with Crippen LogP contribution in [0.1, 0.15) is 28.0 Å². The van der Waals surface area contributed by atoms with E-state index in [0.29, 0.717) is 48.6 Å². The van der Waals surface area contributed by atoms with Crippen LogP contribution in [-0.4, -0.2) is 33.7 Å². The Morgan fingerprint density at radius 1 is 1.29 bits per heavy atom. The third kappa shape index (κ3) is 2.68. The van der Waals surface area contributed by atoms with Crippen LogP contribution < -0.4 is 10.1 Å². The van der Waals surface area contributed by atoms with Crippen molar-refractivity contribution in [3.8, 4) is 5.75 Å². The van der Waals surface area contributed by atoms with Crippen molar-refractivity contribution in [1.82, 2.24) is 19.9 Å². The van der Waals surface area contributed by atoms with Crippen molar-refractivity contribution in [3.05, 3.63) is 59.3 Å². The van der Waals surface area contributed by atoms with Gasteiger partial charge in [0.25, 0.3) is 5.91 Å². The van der Waals surface area contributed by atoms with E-state index in [0.717, 1.165) is 5.56 Å². The maximum Gasteiger partial charge on any atom is 0.256 e. The molecule has 4 rings (SSSR count). The first-order chi connectivity index (χ1) is 11.7. The van der Waals surface area contributed by atoms with Crippen molar-refractivity contribution in [2.75, 3.05) is 13.2 Å². The molecule has 122 valence electrons. The highest BCUT2D eigenvalue weighted by Gasteiger charge is 2.16. The summed E-state index contributed by atoms with van der Waals surface area (Å²) in [5.74, 6) is 0.111. The Morgan fingerprint density at radius 2 is 2.21 bits per heavy atom. The standard InChI is InChI=1S/C17H15FN4O2/c18-12-2-3-15-11(8-12)9-13-4-6-22-16(21-13)14(10-20-22)17(23)19-5-1-7-24-15/h2-4,6,8,10H,1,5,7,9H2,(H,19,23). The normalized spacial score (nSPS) is 15.0. The summed E-state index contributed by atoms with van der Waals surface area (Å²) in [5, 5.41) is 6.99. The molecule has 1 aliphatic heterocycles. The topological polar surface area (TPSA) is 68.5 Å². The minimum Gasteiger partial charge on any atom is -0.493 e. The molecule has 2 aromatic heterocycles. The lowest BCUT2D eigenvalue weighted by Gasteiger charge is -2.11. The molecule has 2 bridgehead atoms. The number of amides is 1. The number of nitrogens with zero attached hydrogens (tertiary/aromatic N) is 3. The summed E-state index contributed by atoms with van der Waals surface area (Å²) in [6, 6.07) is 6.27. The highest BCUT2D eigenvalue weighted by atomic mass is 19.1. The number of carbonyl (C=O) groups excluding carboxylic acids is 1. The number of halogens is 1. The van der Waals surface area contributed by atoms with Gasteiger partial charge in [-0.25, -0.2) is 13.9 Å². The molecule has 0 saturated carbocycles. The molecule has 1 aliphatic rings. The van der Waals surface area contributed by atoms with Gasteiger partial charge < -0.3 is 10.1 Å². The number of hydrogen-bond donors (Lipinski definition) is 1. The van der Waals surface area contributed by atoms with E-state index in [-0.39, 0.29) is 11.7 Å². The van der Waals surface area contributed by atoms with Gasteiger partial charge >= 0.3 is 0 Å². The first-order valence-electron chi connectivity index (χ1n) is 7.73. The maximum atomic E-state index is 13.6. The number of ether oxygens (including phenoxy) is 1. The van der Waals surface area contributed by atoms with Crippen LogP contribution in [0.3, 0.4) is 0 Å². The third-order valence-corrected chi connectivity index (χ3v) is 3.93. The SMILES string of the molecule is O=C1NCCCOc2ccc(F)cc2Cc2ccn3ncc1c3n2. The molecule has 0 atom stereocenters. The lowest BCUT2D eigenvalue weighted by Crippen LogP contribution is -2.25. The molecule has 0 aliphatic carbocycles. The van der Waals surface area contributed by atoms with E-state index in [1.807, 2.05) is 0 Å². The first-order valence-corrected chi connectivity index (χ1v) is 7.73. The van der Waals surface area contributed by atoms with E-state index in [2.05, 4.69) is 15.4 Å². The minimum absolute atomic E-state index is 0.211. The van der Waals surface area contributed by atoms with Gasteiger partial charge in [0.1, 0.15) is 17.1 Å². The van der Waals surface area contributed by atoms with Crippen LogP contribution in [0.5, 0.6) is 5.75 Å². The molecule has 0 radical (unpaired) electrons. The Hall–Kier alpha value is -2.96. The van der Waals surface area contributed by atoms with Gasteiger partial charge in [-0.1, -0.05) is 0 Å². The Kier molecular flexibility index (Phi) is 3.60. The van der Waals surface area contributed by atoms with E-state index in [1.165, 1.54) is 18.3 Å². The lowest BCUT2D eigenvalue weighted by atomic mass is 10.1. The molecule has 0 unspecified atom stereocenters. The number of aromatic nitrogens is 3. The molecular formula is C17H15FN4O2. The van der Waals surface area contributed by atoms with E-state index in [9.17, 15) is 9.18 Å². The second kappa shape index (κ2) is 5.92. The number of benzene rings is 1. The van der Waals surface area contributed by atoms with Crippen molar-refractivity contribution >= 4 is 11.6 Å². The third-order valence-electron chi connectivity index (χ3n) is 3.93. The molecule has 7 heteroatoms. The number of carbonyl (C=O) groups is 1. The van der Waals surface area contributed by atoms with Crippen molar-refractivity contribution in [3.63, 3.8) is 0 Å². The van der Waals surface area contributed by atoms with Crippen molar-refractivity contribution in [2.45, 2.75) is 12.8 Å². The Labute approximate surface area is 137 Å². The summed E-state index contributed by atoms with van der Waals surface area (Å²) in [5.41, 5.74) is 2.36. The molecular weight excluding hydrogens is 311 g/mol. The number of hydrogen-bond acceptors (Lipinski definition) is 4. The second-order valence-electron chi connectivity index (χ2n) is 5.63. The molecule has 1 aromatic carbocycles. The molecule has 0 saturated heterocycles. The van der Waals surface area contributed by atoms with Gasteiger partial charge in [0, 0.05) is 30.4 Å². The molecule has 6 nitrogen and oxygen atoms in total. The second-order valence-corrected chi connectivity index (χ2v) is 5.63. The predicted molar refractivity (Wildman–Crippen MR) is 84.6 cm³/mol. The van der Waals surface area contributed by atoms with Crippen molar-refractivity contribution in [1.29, 1.82) is 0 Å². The highest BCUT2D eigenvalue weighted by molar-refractivity contribution is 5.99. The summed E-state index contributed by atoms with van der Waals surface area (Å²) in [6.45, 7) is 0.916. The number of rotatable bonds is 0. The first kappa shape index (κ1) is 14.6. The van der Waals surface area contributed by atoms with Crippen molar-refractivity contribution in [2.24, 2.45) is 0 Å². The van der Waals surface area contributed by atoms with E-state index in [1.54, 1.807) is 22.8 Å². The van der Waals surface area contributed by atoms with Gasteiger partial charge in [0.15, 0.2) is 5.65 Å². The van der Waals surface area contributed by atoms with Crippen LogP contribution in [0, 0.1) is 5.82 Å². The summed E-state index contributed by atoms with van der Waals surface area (Å²) >= 11 is 0. The van der Waals surface area contributed by atoms with Crippen LogP contribution >= 0.6 is 0 Å². The van der Waals surface area contributed by atoms with E-state index in [4.69, 9.17) is 4.74 Å². The van der Waals surface area contributed by atoms with Crippen LogP contribution in [0.2, 0.25) is 0 Å². The zero-order valence-corrected chi connectivity index (χ0v) is 12.8. The lowest BCUT2D eigenvalue weighted by molar-refractivity contribution is 0.0953. The quantitative estimate of drug-likeness (QED) is 0.686. The summed E-state index contributed by atoms with van der Waals surface area (Å²) in [7, 11) is 0. The average molecular weight is 326 g/mol. The average Bonchev–Trinajstić information content (AvgIpc) is 2.99. The molecule has 3 aromatic rings. The van der Waals surface area contributed by atoms with Gasteiger partial charge in [-0.3, -0.25) is 4.79 Å². The van der Waals surface area contributed by atoms with Gasteiger partial charge in [-0.15, -0.1) is 0 Å². The zero-order valence-electron chi connectivity index (χ0n) is 12.8. The maximum absolute atomic E-state index is 13.6. The number of fused-ring (bicyclic) bond motifs is 2. The fourth-order valence-corrected chi connectivity index (χ4v) is 2.74. The largest absolute Gasteiger partial charge is 0.493 e. The monoisotopic (exact) mass is 326 g/mol. The molecule has 24 heavy (non-hydrogen) atoms. The number of nitrogens with one attached hydrogen (secondary N) is 1. The minimum atomic E-state index is -0.315. The summed E-state index contributed by atoms with van der Waals surface area (Å²) in [4.78, 5) is 16.8. The van der Waals surface area contributed by atoms with Gasteiger partial charge in [0.05, 0.1) is 12.8 Å². The Morgan fingerprint density at radius 3 is 3.12 bits per heavy atom. The Balaban J connectivity index is 1.82. The molecule has 0 spiro atoms. The summed E-state index contributed by atoms with van der Waals surface area (Å²) < 4.78 is 20.9. The fraction of sp³-hybridized carbons (Fsp3) is 0.235.